The molecule has 0 atom stereocenters. The van der Waals surface area contributed by atoms with Gasteiger partial charge in [0.2, 0.25) is 0 Å². The number of imidazole rings is 1. The van der Waals surface area contributed by atoms with E-state index in [1.165, 1.54) is 24.8 Å². The van der Waals surface area contributed by atoms with Crippen molar-refractivity contribution < 1.29 is 9.90 Å². The van der Waals surface area contributed by atoms with Crippen molar-refractivity contribution in [1.29, 1.82) is 0 Å². The number of rotatable bonds is 2. The molecule has 6 heteroatoms. The van der Waals surface area contributed by atoms with Gasteiger partial charge in [0.05, 0.1) is 12.5 Å². The van der Waals surface area contributed by atoms with Crippen LogP contribution in [0.1, 0.15) is 10.5 Å². The molecule has 3 N–H and O–H groups in total. The second-order valence-electron chi connectivity index (χ2n) is 2.79. The fourth-order valence-electron chi connectivity index (χ4n) is 1.05. The molecule has 0 aromatic carbocycles. The predicted molar refractivity (Wildman–Crippen MR) is 52.4 cm³/mol. The molecule has 0 spiro atoms. The Morgan fingerprint density at radius 1 is 1.53 bits per heavy atom. The van der Waals surface area contributed by atoms with Crippen molar-refractivity contribution in [1.82, 2.24) is 15.0 Å². The van der Waals surface area contributed by atoms with Gasteiger partial charge in [0.15, 0.2) is 11.6 Å². The molecular weight excluding hydrogens is 196 g/mol. The molecule has 76 valence electrons. The van der Waals surface area contributed by atoms with Gasteiger partial charge in [-0.15, -0.1) is 0 Å². The van der Waals surface area contributed by atoms with Crippen LogP contribution in [0.25, 0.3) is 0 Å². The van der Waals surface area contributed by atoms with Crippen LogP contribution in [0.15, 0.2) is 30.9 Å². The van der Waals surface area contributed by atoms with Crippen LogP contribution in [0.4, 0.5) is 5.82 Å². The fourth-order valence-corrected chi connectivity index (χ4v) is 1.05. The van der Waals surface area contributed by atoms with Crippen molar-refractivity contribution in [2.75, 3.05) is 5.32 Å². The highest BCUT2D eigenvalue weighted by Crippen LogP contribution is 2.18. The largest absolute Gasteiger partial charge is 0.504 e. The van der Waals surface area contributed by atoms with E-state index in [1.807, 2.05) is 0 Å². The highest BCUT2D eigenvalue weighted by molar-refractivity contribution is 6.02. The van der Waals surface area contributed by atoms with Gasteiger partial charge in [0, 0.05) is 6.20 Å². The van der Waals surface area contributed by atoms with E-state index in [0.717, 1.165) is 0 Å². The molecule has 0 saturated carbocycles. The molecule has 0 saturated heterocycles. The molecule has 1 amide bonds. The van der Waals surface area contributed by atoms with Gasteiger partial charge in [-0.05, 0) is 12.1 Å². The quantitative estimate of drug-likeness (QED) is 0.673. The predicted octanol–water partition coefficient (Wildman–Crippen LogP) is 0.763. The minimum atomic E-state index is -0.401. The maximum atomic E-state index is 11.5. The van der Waals surface area contributed by atoms with Gasteiger partial charge in [-0.1, -0.05) is 0 Å². The minimum Gasteiger partial charge on any atom is -0.504 e. The number of anilines is 1. The highest BCUT2D eigenvalue weighted by Gasteiger charge is 2.09. The molecule has 0 radical (unpaired) electrons. The zero-order valence-corrected chi connectivity index (χ0v) is 7.64. The lowest BCUT2D eigenvalue weighted by Crippen LogP contribution is -2.13. The molecule has 0 aliphatic carbocycles. The molecule has 0 unspecified atom stereocenters. The zero-order valence-electron chi connectivity index (χ0n) is 7.64. The van der Waals surface area contributed by atoms with Crippen LogP contribution < -0.4 is 5.32 Å². The molecule has 0 fully saturated rings. The average molecular weight is 204 g/mol. The monoisotopic (exact) mass is 204 g/mol. The second kappa shape index (κ2) is 3.79. The van der Waals surface area contributed by atoms with E-state index in [4.69, 9.17) is 0 Å². The number of amides is 1. The SMILES string of the molecule is O=C(Nc1ncccc1O)c1cnc[nH]1. The van der Waals surface area contributed by atoms with Crippen molar-refractivity contribution in [2.24, 2.45) is 0 Å². The van der Waals surface area contributed by atoms with Crippen LogP contribution in [0.3, 0.4) is 0 Å². The Balaban J connectivity index is 2.17. The van der Waals surface area contributed by atoms with Crippen LogP contribution in [-0.4, -0.2) is 26.0 Å². The van der Waals surface area contributed by atoms with Crippen LogP contribution >= 0.6 is 0 Å². The van der Waals surface area contributed by atoms with Gasteiger partial charge in [0.25, 0.3) is 5.91 Å². The summed E-state index contributed by atoms with van der Waals surface area (Å²) in [5.41, 5.74) is 0.306. The summed E-state index contributed by atoms with van der Waals surface area (Å²) in [6.45, 7) is 0. The Bertz CT molecular complexity index is 467. The number of nitrogens with zero attached hydrogens (tertiary/aromatic N) is 2. The Morgan fingerprint density at radius 3 is 3.07 bits per heavy atom. The number of pyridine rings is 1. The van der Waals surface area contributed by atoms with E-state index < -0.39 is 5.91 Å². The van der Waals surface area contributed by atoms with E-state index >= 15 is 0 Å². The molecule has 2 heterocycles. The number of hydrogen-bond acceptors (Lipinski definition) is 4. The van der Waals surface area contributed by atoms with Gasteiger partial charge in [-0.3, -0.25) is 4.79 Å². The normalized spacial score (nSPS) is 9.87. The summed E-state index contributed by atoms with van der Waals surface area (Å²) < 4.78 is 0. The van der Waals surface area contributed by atoms with Crippen LogP contribution in [0.5, 0.6) is 5.75 Å². The first kappa shape index (κ1) is 9.20. The summed E-state index contributed by atoms with van der Waals surface area (Å²) >= 11 is 0. The molecule has 2 aromatic heterocycles. The smallest absolute Gasteiger partial charge is 0.274 e. The second-order valence-corrected chi connectivity index (χ2v) is 2.79. The maximum Gasteiger partial charge on any atom is 0.274 e. The maximum absolute atomic E-state index is 11.5. The fraction of sp³-hybridized carbons (Fsp3) is 0. The minimum absolute atomic E-state index is 0.0784. The molecule has 0 aliphatic heterocycles. The summed E-state index contributed by atoms with van der Waals surface area (Å²) in [4.78, 5) is 21.7. The summed E-state index contributed by atoms with van der Waals surface area (Å²) in [6.07, 6.45) is 4.25. The van der Waals surface area contributed by atoms with Crippen LogP contribution in [-0.2, 0) is 0 Å². The number of aromatic hydroxyl groups is 1. The first-order valence-corrected chi connectivity index (χ1v) is 4.21. The number of hydrogen-bond donors (Lipinski definition) is 3. The molecule has 15 heavy (non-hydrogen) atoms. The average Bonchev–Trinajstić information content (AvgIpc) is 2.74. The van der Waals surface area contributed by atoms with E-state index in [-0.39, 0.29) is 11.6 Å². The van der Waals surface area contributed by atoms with E-state index in [1.54, 1.807) is 6.07 Å². The number of H-pyrrole nitrogens is 1. The van der Waals surface area contributed by atoms with Gasteiger partial charge < -0.3 is 15.4 Å². The third-order valence-corrected chi connectivity index (χ3v) is 1.76. The molecule has 0 aliphatic rings. The summed E-state index contributed by atoms with van der Waals surface area (Å²) in [6, 6.07) is 3.01. The highest BCUT2D eigenvalue weighted by atomic mass is 16.3. The lowest BCUT2D eigenvalue weighted by Gasteiger charge is -2.03. The molecule has 2 rings (SSSR count). The molecule has 6 nitrogen and oxygen atoms in total. The summed E-state index contributed by atoms with van der Waals surface area (Å²) in [5.74, 6) is -0.357. The Hall–Kier alpha value is -2.37. The number of nitrogens with one attached hydrogen (secondary N) is 2. The standard InChI is InChI=1S/C9H8N4O2/c14-7-2-1-3-11-8(7)13-9(15)6-4-10-5-12-6/h1-5,14H,(H,10,12)(H,11,13,15). The van der Waals surface area contributed by atoms with Crippen LogP contribution in [0.2, 0.25) is 0 Å². The van der Waals surface area contributed by atoms with Gasteiger partial charge in [-0.2, -0.15) is 0 Å². The summed E-state index contributed by atoms with van der Waals surface area (Å²) in [7, 11) is 0. The van der Waals surface area contributed by atoms with Gasteiger partial charge in [0.1, 0.15) is 5.69 Å². The van der Waals surface area contributed by atoms with Crippen molar-refractivity contribution in [2.45, 2.75) is 0 Å². The third kappa shape index (κ3) is 1.93. The summed E-state index contributed by atoms with van der Waals surface area (Å²) in [5, 5.41) is 11.8. The van der Waals surface area contributed by atoms with E-state index in [2.05, 4.69) is 20.3 Å². The topological polar surface area (TPSA) is 90.9 Å². The number of carbonyl (C=O) groups excluding carboxylic acids is 1. The lowest BCUT2D eigenvalue weighted by molar-refractivity contribution is 0.102. The van der Waals surface area contributed by atoms with Crippen molar-refractivity contribution in [3.05, 3.63) is 36.5 Å². The zero-order chi connectivity index (χ0) is 10.7. The van der Waals surface area contributed by atoms with Crippen molar-refractivity contribution in [3.8, 4) is 5.75 Å². The number of aromatic nitrogens is 3. The number of aromatic amines is 1. The van der Waals surface area contributed by atoms with Gasteiger partial charge >= 0.3 is 0 Å². The Labute approximate surface area is 85.0 Å². The lowest BCUT2D eigenvalue weighted by atomic mass is 10.4. The van der Waals surface area contributed by atoms with Crippen molar-refractivity contribution in [3.63, 3.8) is 0 Å². The molecular formula is C9H8N4O2. The Kier molecular flexibility index (Phi) is 2.32. The van der Waals surface area contributed by atoms with E-state index in [9.17, 15) is 9.90 Å². The number of carbonyl (C=O) groups is 1. The Morgan fingerprint density at radius 2 is 2.40 bits per heavy atom. The third-order valence-electron chi connectivity index (χ3n) is 1.76. The van der Waals surface area contributed by atoms with E-state index in [0.29, 0.717) is 5.69 Å². The first-order chi connectivity index (χ1) is 7.27. The van der Waals surface area contributed by atoms with Crippen LogP contribution in [0, 0.1) is 0 Å². The molecule has 2 aromatic rings. The molecule has 0 bridgehead atoms. The van der Waals surface area contributed by atoms with Crippen molar-refractivity contribution >= 4 is 11.7 Å². The first-order valence-electron chi connectivity index (χ1n) is 4.21. The van der Waals surface area contributed by atoms with Gasteiger partial charge in [-0.25, -0.2) is 9.97 Å².